The predicted octanol–water partition coefficient (Wildman–Crippen LogP) is 3.85. The summed E-state index contributed by atoms with van der Waals surface area (Å²) in [5.41, 5.74) is 6.84. The fraction of sp³-hybridized carbons (Fsp3) is 0.429. The van der Waals surface area contributed by atoms with Gasteiger partial charge in [0, 0.05) is 6.04 Å². The Balaban J connectivity index is 2.10. The van der Waals surface area contributed by atoms with Crippen LogP contribution in [0, 0.1) is 0 Å². The first kappa shape index (κ1) is 12.5. The Bertz CT molecular complexity index is 415. The normalized spacial score (nSPS) is 21.2. The van der Waals surface area contributed by atoms with Crippen LogP contribution in [0.4, 0.5) is 0 Å². The molecule has 2 N–H and O–H groups in total. The third-order valence-corrected chi connectivity index (χ3v) is 3.27. The summed E-state index contributed by atoms with van der Waals surface area (Å²) in [6.07, 6.45) is 7.82. The molecule has 0 radical (unpaired) electrons. The summed E-state index contributed by atoms with van der Waals surface area (Å²) in [5.74, 6) is 0.743. The minimum atomic E-state index is -0.00359. The molecule has 2 nitrogen and oxygen atoms in total. The van der Waals surface area contributed by atoms with Gasteiger partial charge in [-0.3, -0.25) is 0 Å². The predicted molar refractivity (Wildman–Crippen MR) is 71.5 cm³/mol. The first-order chi connectivity index (χ1) is 8.16. The minimum absolute atomic E-state index is 0.00359. The molecule has 0 heterocycles. The number of nitrogens with two attached hydrogens (primary N) is 1. The van der Waals surface area contributed by atoms with E-state index in [4.69, 9.17) is 22.1 Å². The van der Waals surface area contributed by atoms with Crippen molar-refractivity contribution >= 4 is 11.6 Å². The van der Waals surface area contributed by atoms with Gasteiger partial charge in [-0.15, -0.1) is 0 Å². The highest BCUT2D eigenvalue weighted by Crippen LogP contribution is 2.29. The van der Waals surface area contributed by atoms with Crippen LogP contribution in [-0.2, 0) is 0 Å². The maximum Gasteiger partial charge on any atom is 0.138 e. The van der Waals surface area contributed by atoms with Gasteiger partial charge in [0.15, 0.2) is 0 Å². The van der Waals surface area contributed by atoms with Crippen LogP contribution in [0.25, 0.3) is 0 Å². The first-order valence-corrected chi connectivity index (χ1v) is 6.43. The molecule has 2 atom stereocenters. The molecule has 1 aliphatic rings. The molecule has 0 aromatic heterocycles. The quantitative estimate of drug-likeness (QED) is 0.829. The van der Waals surface area contributed by atoms with Crippen LogP contribution in [0.2, 0.25) is 5.02 Å². The van der Waals surface area contributed by atoms with Crippen molar-refractivity contribution in [2.24, 2.45) is 5.73 Å². The van der Waals surface area contributed by atoms with Gasteiger partial charge in [0.1, 0.15) is 11.9 Å². The van der Waals surface area contributed by atoms with Crippen molar-refractivity contribution in [3.63, 3.8) is 0 Å². The van der Waals surface area contributed by atoms with Gasteiger partial charge >= 0.3 is 0 Å². The maximum absolute atomic E-state index is 6.19. The minimum Gasteiger partial charge on any atom is -0.485 e. The van der Waals surface area contributed by atoms with Gasteiger partial charge in [-0.2, -0.15) is 0 Å². The molecule has 2 rings (SSSR count). The smallest absolute Gasteiger partial charge is 0.138 e. The largest absolute Gasteiger partial charge is 0.485 e. The van der Waals surface area contributed by atoms with Crippen LogP contribution >= 0.6 is 11.6 Å². The lowest BCUT2D eigenvalue weighted by molar-refractivity contribution is 0.230. The summed E-state index contributed by atoms with van der Waals surface area (Å²) in [7, 11) is 0. The third kappa shape index (κ3) is 3.24. The van der Waals surface area contributed by atoms with E-state index < -0.39 is 0 Å². The van der Waals surface area contributed by atoms with Gasteiger partial charge in [0.25, 0.3) is 0 Å². The van der Waals surface area contributed by atoms with E-state index in [1.807, 2.05) is 25.1 Å². The van der Waals surface area contributed by atoms with Crippen LogP contribution in [0.3, 0.4) is 0 Å². The van der Waals surface area contributed by atoms with Crippen LogP contribution in [0.1, 0.15) is 37.8 Å². The number of hydrogen-bond acceptors (Lipinski definition) is 2. The molecule has 0 bridgehead atoms. The van der Waals surface area contributed by atoms with Gasteiger partial charge in [-0.25, -0.2) is 0 Å². The topological polar surface area (TPSA) is 35.2 Å². The molecule has 1 aromatic rings. The molecule has 0 spiro atoms. The van der Waals surface area contributed by atoms with Crippen molar-refractivity contribution in [3.05, 3.63) is 40.9 Å². The summed E-state index contributed by atoms with van der Waals surface area (Å²) < 4.78 is 5.86. The molecule has 3 heteroatoms. The summed E-state index contributed by atoms with van der Waals surface area (Å²) >= 11 is 6.19. The summed E-state index contributed by atoms with van der Waals surface area (Å²) in [6.45, 7) is 1.94. The monoisotopic (exact) mass is 251 g/mol. The Kier molecular flexibility index (Phi) is 4.08. The van der Waals surface area contributed by atoms with E-state index in [0.29, 0.717) is 5.02 Å². The highest BCUT2D eigenvalue weighted by atomic mass is 35.5. The van der Waals surface area contributed by atoms with E-state index in [1.54, 1.807) is 0 Å². The number of hydrogen-bond donors (Lipinski definition) is 1. The average molecular weight is 252 g/mol. The molecule has 17 heavy (non-hydrogen) atoms. The molecule has 0 fully saturated rings. The molecule has 1 unspecified atom stereocenters. The van der Waals surface area contributed by atoms with Crippen LogP contribution < -0.4 is 10.5 Å². The van der Waals surface area contributed by atoms with Crippen LogP contribution in [-0.4, -0.2) is 6.10 Å². The Labute approximate surface area is 107 Å². The summed E-state index contributed by atoms with van der Waals surface area (Å²) in [4.78, 5) is 0. The van der Waals surface area contributed by atoms with Gasteiger partial charge in [-0.05, 0) is 50.0 Å². The van der Waals surface area contributed by atoms with E-state index in [1.165, 1.54) is 6.42 Å². The van der Waals surface area contributed by atoms with Crippen LogP contribution in [0.5, 0.6) is 5.75 Å². The van der Waals surface area contributed by atoms with E-state index in [-0.39, 0.29) is 12.1 Å². The lowest BCUT2D eigenvalue weighted by Gasteiger charge is -2.19. The summed E-state index contributed by atoms with van der Waals surface area (Å²) in [5, 5.41) is 0.638. The Morgan fingerprint density at radius 3 is 2.88 bits per heavy atom. The molecule has 0 aliphatic heterocycles. The molecule has 0 amide bonds. The molecule has 92 valence electrons. The van der Waals surface area contributed by atoms with E-state index in [2.05, 4.69) is 12.2 Å². The molecule has 0 saturated heterocycles. The lowest BCUT2D eigenvalue weighted by Crippen LogP contribution is -2.16. The number of halogens is 1. The first-order valence-electron chi connectivity index (χ1n) is 6.05. The second kappa shape index (κ2) is 5.56. The van der Waals surface area contributed by atoms with Crippen molar-refractivity contribution in [3.8, 4) is 5.75 Å². The zero-order valence-corrected chi connectivity index (χ0v) is 10.8. The van der Waals surface area contributed by atoms with E-state index in [9.17, 15) is 0 Å². The Morgan fingerprint density at radius 2 is 2.29 bits per heavy atom. The van der Waals surface area contributed by atoms with Crippen molar-refractivity contribution in [2.75, 3.05) is 0 Å². The van der Waals surface area contributed by atoms with Crippen molar-refractivity contribution < 1.29 is 4.74 Å². The standard InChI is InChI=1S/C14H18ClNO/c1-10(16)11-7-8-14(13(15)9-11)17-12-5-3-2-4-6-12/h3,5,7-10,12H,2,4,6,16H2,1H3/t10-,12?/m0/s1. The van der Waals surface area contributed by atoms with Crippen molar-refractivity contribution in [1.82, 2.24) is 0 Å². The lowest BCUT2D eigenvalue weighted by atomic mass is 10.1. The van der Waals surface area contributed by atoms with E-state index >= 15 is 0 Å². The second-order valence-electron chi connectivity index (χ2n) is 4.49. The molecular formula is C14H18ClNO. The third-order valence-electron chi connectivity index (χ3n) is 2.97. The highest BCUT2D eigenvalue weighted by molar-refractivity contribution is 6.32. The Morgan fingerprint density at radius 1 is 1.47 bits per heavy atom. The van der Waals surface area contributed by atoms with Gasteiger partial charge in [0.05, 0.1) is 5.02 Å². The van der Waals surface area contributed by atoms with Crippen molar-refractivity contribution in [2.45, 2.75) is 38.3 Å². The fourth-order valence-corrected chi connectivity index (χ4v) is 2.17. The SMILES string of the molecule is C[C@H](N)c1ccc(OC2C=CCCC2)c(Cl)c1. The molecular weight excluding hydrogens is 234 g/mol. The zero-order chi connectivity index (χ0) is 12.3. The van der Waals surface area contributed by atoms with Gasteiger partial charge in [-0.1, -0.05) is 23.7 Å². The molecule has 1 aromatic carbocycles. The molecule has 1 aliphatic carbocycles. The highest BCUT2D eigenvalue weighted by Gasteiger charge is 2.12. The average Bonchev–Trinajstić information content (AvgIpc) is 2.33. The van der Waals surface area contributed by atoms with Crippen molar-refractivity contribution in [1.29, 1.82) is 0 Å². The number of rotatable bonds is 3. The number of ether oxygens (including phenoxy) is 1. The van der Waals surface area contributed by atoms with E-state index in [0.717, 1.165) is 24.2 Å². The second-order valence-corrected chi connectivity index (χ2v) is 4.90. The molecule has 0 saturated carbocycles. The summed E-state index contributed by atoms with van der Waals surface area (Å²) in [6, 6.07) is 5.76. The van der Waals surface area contributed by atoms with Gasteiger partial charge < -0.3 is 10.5 Å². The zero-order valence-electron chi connectivity index (χ0n) is 10.0. The number of benzene rings is 1. The fourth-order valence-electron chi connectivity index (χ4n) is 1.94. The Hall–Kier alpha value is -0.990. The number of allylic oxidation sites excluding steroid dienone is 1. The van der Waals surface area contributed by atoms with Gasteiger partial charge in [0.2, 0.25) is 0 Å². The van der Waals surface area contributed by atoms with Crippen LogP contribution in [0.15, 0.2) is 30.4 Å². The maximum atomic E-state index is 6.19.